The average Bonchev–Trinajstić information content (AvgIpc) is 3.31. The van der Waals surface area contributed by atoms with E-state index >= 15 is 0 Å². The summed E-state index contributed by atoms with van der Waals surface area (Å²) in [5, 5.41) is 17.9. The highest BCUT2D eigenvalue weighted by atomic mass is 32.2. The minimum atomic E-state index is 0.118. The standard InChI is InChI=1S/C16H16N4OS2/c1-2-14(21)20(13-7-8-13)15-18-19-16(23-15)22-10-12-5-3-11(9-17)4-6-12/h3-6,13H,2,7-8,10H2,1H3. The molecule has 0 aliphatic heterocycles. The summed E-state index contributed by atoms with van der Waals surface area (Å²) < 4.78 is 0.860. The zero-order valence-corrected chi connectivity index (χ0v) is 14.4. The van der Waals surface area contributed by atoms with Crippen LogP contribution in [-0.2, 0) is 10.5 Å². The summed E-state index contributed by atoms with van der Waals surface area (Å²) in [4.78, 5) is 13.9. The molecule has 1 aromatic carbocycles. The van der Waals surface area contributed by atoms with Gasteiger partial charge in [0.1, 0.15) is 0 Å². The van der Waals surface area contributed by atoms with Crippen LogP contribution in [0.5, 0.6) is 0 Å². The summed E-state index contributed by atoms with van der Waals surface area (Å²) in [5.41, 5.74) is 1.80. The Morgan fingerprint density at radius 2 is 2.13 bits per heavy atom. The molecule has 1 amide bonds. The molecule has 7 heteroatoms. The molecule has 1 heterocycles. The van der Waals surface area contributed by atoms with Crippen LogP contribution in [0.1, 0.15) is 37.3 Å². The second kappa shape index (κ2) is 7.11. The van der Waals surface area contributed by atoms with Gasteiger partial charge in [0, 0.05) is 18.2 Å². The molecule has 1 aliphatic carbocycles. The lowest BCUT2D eigenvalue weighted by molar-refractivity contribution is -0.118. The molecule has 23 heavy (non-hydrogen) atoms. The van der Waals surface area contributed by atoms with Crippen LogP contribution in [-0.4, -0.2) is 22.1 Å². The number of hydrogen-bond acceptors (Lipinski definition) is 6. The van der Waals surface area contributed by atoms with Gasteiger partial charge in [-0.05, 0) is 30.5 Å². The van der Waals surface area contributed by atoms with Gasteiger partial charge in [0.15, 0.2) is 4.34 Å². The number of amides is 1. The lowest BCUT2D eigenvalue weighted by Gasteiger charge is -2.17. The van der Waals surface area contributed by atoms with Crippen LogP contribution in [0, 0.1) is 11.3 Å². The van der Waals surface area contributed by atoms with Crippen molar-refractivity contribution in [2.45, 2.75) is 42.3 Å². The van der Waals surface area contributed by atoms with E-state index in [-0.39, 0.29) is 5.91 Å². The predicted octanol–water partition coefficient (Wildman–Crippen LogP) is 3.61. The van der Waals surface area contributed by atoms with Gasteiger partial charge < -0.3 is 0 Å². The lowest BCUT2D eigenvalue weighted by atomic mass is 10.2. The summed E-state index contributed by atoms with van der Waals surface area (Å²) in [6.45, 7) is 1.87. The van der Waals surface area contributed by atoms with Crippen molar-refractivity contribution >= 4 is 34.1 Å². The van der Waals surface area contributed by atoms with Crippen LogP contribution < -0.4 is 4.90 Å². The Labute approximate surface area is 143 Å². The highest BCUT2D eigenvalue weighted by Crippen LogP contribution is 2.36. The first-order chi connectivity index (χ1) is 11.2. The van der Waals surface area contributed by atoms with Gasteiger partial charge in [-0.2, -0.15) is 5.26 Å². The van der Waals surface area contributed by atoms with Gasteiger partial charge in [-0.3, -0.25) is 9.69 Å². The average molecular weight is 344 g/mol. The zero-order valence-electron chi connectivity index (χ0n) is 12.7. The molecule has 2 aromatic rings. The number of nitrogens with zero attached hydrogens (tertiary/aromatic N) is 4. The van der Waals surface area contributed by atoms with E-state index in [4.69, 9.17) is 5.26 Å². The van der Waals surface area contributed by atoms with Crippen LogP contribution in [0.2, 0.25) is 0 Å². The summed E-state index contributed by atoms with van der Waals surface area (Å²) in [6, 6.07) is 9.95. The Morgan fingerprint density at radius 1 is 1.39 bits per heavy atom. The number of hydrogen-bond donors (Lipinski definition) is 0. The fourth-order valence-corrected chi connectivity index (χ4v) is 4.03. The highest BCUT2D eigenvalue weighted by molar-refractivity contribution is 8.00. The molecule has 0 bridgehead atoms. The third-order valence-electron chi connectivity index (χ3n) is 3.53. The fraction of sp³-hybridized carbons (Fsp3) is 0.375. The highest BCUT2D eigenvalue weighted by Gasteiger charge is 2.35. The number of carbonyl (C=O) groups excluding carboxylic acids is 1. The van der Waals surface area contributed by atoms with Crippen LogP contribution in [0.4, 0.5) is 5.13 Å². The van der Waals surface area contributed by atoms with E-state index in [9.17, 15) is 4.79 Å². The fourth-order valence-electron chi connectivity index (χ4n) is 2.15. The smallest absolute Gasteiger partial charge is 0.228 e. The molecule has 0 radical (unpaired) electrons. The van der Waals surface area contributed by atoms with E-state index in [0.29, 0.717) is 23.2 Å². The van der Waals surface area contributed by atoms with Gasteiger partial charge in [-0.1, -0.05) is 42.2 Å². The largest absolute Gasteiger partial charge is 0.284 e. The van der Waals surface area contributed by atoms with Crippen LogP contribution in [0.25, 0.3) is 0 Å². The van der Waals surface area contributed by atoms with E-state index in [1.807, 2.05) is 36.1 Å². The first kappa shape index (κ1) is 16.0. The Kier molecular flexibility index (Phi) is 4.94. The second-order valence-corrected chi connectivity index (χ2v) is 7.47. The maximum Gasteiger partial charge on any atom is 0.228 e. The molecular formula is C16H16N4OS2. The number of thioether (sulfide) groups is 1. The molecule has 1 aromatic heterocycles. The van der Waals surface area contributed by atoms with Crippen molar-refractivity contribution in [2.75, 3.05) is 4.90 Å². The van der Waals surface area contributed by atoms with Gasteiger partial charge >= 0.3 is 0 Å². The number of aromatic nitrogens is 2. The monoisotopic (exact) mass is 344 g/mol. The van der Waals surface area contributed by atoms with Crippen LogP contribution >= 0.6 is 23.1 Å². The second-order valence-electron chi connectivity index (χ2n) is 5.30. The van der Waals surface area contributed by atoms with E-state index in [0.717, 1.165) is 28.5 Å². The Bertz CT molecular complexity index is 731. The van der Waals surface area contributed by atoms with Gasteiger partial charge in [0.05, 0.1) is 11.6 Å². The molecular weight excluding hydrogens is 328 g/mol. The zero-order chi connectivity index (χ0) is 16.2. The quantitative estimate of drug-likeness (QED) is 0.591. The van der Waals surface area contributed by atoms with Crippen molar-refractivity contribution in [2.24, 2.45) is 0 Å². The SMILES string of the molecule is CCC(=O)N(c1nnc(SCc2ccc(C#N)cc2)s1)C1CC1. The van der Waals surface area contributed by atoms with E-state index in [1.165, 1.54) is 11.3 Å². The summed E-state index contributed by atoms with van der Waals surface area (Å²) in [7, 11) is 0. The van der Waals surface area contributed by atoms with Crippen molar-refractivity contribution in [1.82, 2.24) is 10.2 Å². The summed E-state index contributed by atoms with van der Waals surface area (Å²) in [5.74, 6) is 0.887. The Balaban J connectivity index is 1.64. The molecule has 0 saturated heterocycles. The first-order valence-corrected chi connectivity index (χ1v) is 9.29. The topological polar surface area (TPSA) is 69.9 Å². The van der Waals surface area contributed by atoms with Crippen molar-refractivity contribution in [3.05, 3.63) is 35.4 Å². The maximum atomic E-state index is 12.1. The third-order valence-corrected chi connectivity index (χ3v) is 5.66. The molecule has 0 spiro atoms. The van der Waals surface area contributed by atoms with Crippen molar-refractivity contribution in [3.63, 3.8) is 0 Å². The maximum absolute atomic E-state index is 12.1. The third kappa shape index (κ3) is 3.89. The van der Waals surface area contributed by atoms with E-state index in [1.54, 1.807) is 11.8 Å². The van der Waals surface area contributed by atoms with Gasteiger partial charge in [-0.25, -0.2) is 0 Å². The van der Waals surface area contributed by atoms with Gasteiger partial charge in [-0.15, -0.1) is 10.2 Å². The summed E-state index contributed by atoms with van der Waals surface area (Å²) >= 11 is 3.07. The molecule has 1 fully saturated rings. The van der Waals surface area contributed by atoms with E-state index < -0.39 is 0 Å². The number of benzene rings is 1. The van der Waals surface area contributed by atoms with Crippen molar-refractivity contribution < 1.29 is 4.79 Å². The number of rotatable bonds is 6. The number of nitriles is 1. The molecule has 0 N–H and O–H groups in total. The van der Waals surface area contributed by atoms with Crippen LogP contribution in [0.15, 0.2) is 28.6 Å². The summed E-state index contributed by atoms with van der Waals surface area (Å²) in [6.07, 6.45) is 2.60. The Hall–Kier alpha value is -1.91. The minimum absolute atomic E-state index is 0.118. The Morgan fingerprint density at radius 3 is 2.74 bits per heavy atom. The molecule has 3 rings (SSSR count). The van der Waals surface area contributed by atoms with Crippen molar-refractivity contribution in [1.29, 1.82) is 5.26 Å². The molecule has 0 atom stereocenters. The number of anilines is 1. The predicted molar refractivity (Wildman–Crippen MR) is 91.4 cm³/mol. The lowest BCUT2D eigenvalue weighted by Crippen LogP contribution is -2.32. The number of carbonyl (C=O) groups is 1. The molecule has 118 valence electrons. The minimum Gasteiger partial charge on any atom is -0.284 e. The molecule has 1 aliphatic rings. The van der Waals surface area contributed by atoms with Crippen LogP contribution in [0.3, 0.4) is 0 Å². The first-order valence-electron chi connectivity index (χ1n) is 7.48. The molecule has 5 nitrogen and oxygen atoms in total. The van der Waals surface area contributed by atoms with Crippen molar-refractivity contribution in [3.8, 4) is 6.07 Å². The molecule has 1 saturated carbocycles. The molecule has 0 unspecified atom stereocenters. The van der Waals surface area contributed by atoms with Gasteiger partial charge in [0.25, 0.3) is 0 Å². The van der Waals surface area contributed by atoms with E-state index in [2.05, 4.69) is 16.3 Å². The normalized spacial score (nSPS) is 13.6. The van der Waals surface area contributed by atoms with Gasteiger partial charge in [0.2, 0.25) is 11.0 Å².